The van der Waals surface area contributed by atoms with E-state index in [1.807, 2.05) is 24.3 Å². The van der Waals surface area contributed by atoms with Crippen molar-refractivity contribution in [2.24, 2.45) is 0 Å². The molecule has 146 valence electrons. The van der Waals surface area contributed by atoms with Gasteiger partial charge in [0.2, 0.25) is 0 Å². The Balaban J connectivity index is 1.66. The zero-order valence-electron chi connectivity index (χ0n) is 16.6. The first-order chi connectivity index (χ1) is 13.5. The van der Waals surface area contributed by atoms with Crippen molar-refractivity contribution in [3.05, 3.63) is 71.5 Å². The van der Waals surface area contributed by atoms with Crippen molar-refractivity contribution in [3.63, 3.8) is 0 Å². The number of nitrogens with zero attached hydrogens (tertiary/aromatic N) is 1. The molecule has 0 spiro atoms. The molecule has 0 unspecified atom stereocenters. The molecule has 6 heteroatoms. The number of carbonyl (C=O) groups is 1. The highest BCUT2D eigenvalue weighted by molar-refractivity contribution is 5.89. The summed E-state index contributed by atoms with van der Waals surface area (Å²) >= 11 is 0. The Bertz CT molecular complexity index is 944. The third-order valence-electron chi connectivity index (χ3n) is 4.65. The summed E-state index contributed by atoms with van der Waals surface area (Å²) in [7, 11) is 3.26. The average Bonchev–Trinajstić information content (AvgIpc) is 3.00. The number of methoxy groups -OCH3 is 2. The number of rotatable bonds is 6. The lowest BCUT2D eigenvalue weighted by Crippen LogP contribution is -2.28. The fraction of sp³-hybridized carbons (Fsp3) is 0.227. The lowest BCUT2D eigenvalue weighted by atomic mass is 10.2. The van der Waals surface area contributed by atoms with Crippen LogP contribution >= 0.6 is 0 Å². The highest BCUT2D eigenvalue weighted by Gasteiger charge is 2.12. The lowest BCUT2D eigenvalue weighted by molar-refractivity contribution is 0.251. The molecule has 0 atom stereocenters. The second-order valence-electron chi connectivity index (χ2n) is 6.47. The molecule has 0 saturated carbocycles. The number of hydrogen-bond donors (Lipinski definition) is 2. The van der Waals surface area contributed by atoms with E-state index in [0.717, 1.165) is 34.1 Å². The minimum Gasteiger partial charge on any atom is -0.497 e. The van der Waals surface area contributed by atoms with Gasteiger partial charge in [0.25, 0.3) is 0 Å². The molecule has 0 bridgehead atoms. The van der Waals surface area contributed by atoms with Crippen molar-refractivity contribution in [1.82, 2.24) is 9.88 Å². The van der Waals surface area contributed by atoms with Gasteiger partial charge in [-0.2, -0.15) is 0 Å². The average molecular weight is 379 g/mol. The molecule has 3 rings (SSSR count). The van der Waals surface area contributed by atoms with Crippen molar-refractivity contribution in [1.29, 1.82) is 0 Å². The zero-order chi connectivity index (χ0) is 20.1. The molecule has 0 fully saturated rings. The van der Waals surface area contributed by atoms with Gasteiger partial charge in [0.05, 0.1) is 14.2 Å². The van der Waals surface area contributed by atoms with Gasteiger partial charge in [-0.3, -0.25) is 0 Å². The topological polar surface area (TPSA) is 64.5 Å². The number of aryl methyl sites for hydroxylation is 1. The van der Waals surface area contributed by atoms with E-state index in [1.54, 1.807) is 38.5 Å². The normalized spacial score (nSPS) is 10.4. The number of aromatic nitrogens is 1. The van der Waals surface area contributed by atoms with Crippen molar-refractivity contribution < 1.29 is 14.3 Å². The van der Waals surface area contributed by atoms with Crippen LogP contribution in [0.3, 0.4) is 0 Å². The number of amides is 2. The highest BCUT2D eigenvalue weighted by atomic mass is 16.5. The van der Waals surface area contributed by atoms with Gasteiger partial charge in [-0.15, -0.1) is 0 Å². The van der Waals surface area contributed by atoms with E-state index in [1.165, 1.54) is 0 Å². The van der Waals surface area contributed by atoms with Crippen LogP contribution < -0.4 is 20.1 Å². The Kier molecular flexibility index (Phi) is 5.89. The minimum absolute atomic E-state index is 0.251. The predicted molar refractivity (Wildman–Crippen MR) is 111 cm³/mol. The molecule has 28 heavy (non-hydrogen) atoms. The number of hydrogen-bond acceptors (Lipinski definition) is 3. The fourth-order valence-corrected chi connectivity index (χ4v) is 3.16. The third-order valence-corrected chi connectivity index (χ3v) is 4.65. The van der Waals surface area contributed by atoms with Crippen LogP contribution in [0, 0.1) is 13.8 Å². The number of benzene rings is 2. The van der Waals surface area contributed by atoms with Crippen LogP contribution in [0.2, 0.25) is 0 Å². The Morgan fingerprint density at radius 2 is 1.50 bits per heavy atom. The maximum absolute atomic E-state index is 12.2. The van der Waals surface area contributed by atoms with Crippen LogP contribution in [-0.2, 0) is 6.54 Å². The molecule has 1 heterocycles. The Morgan fingerprint density at radius 3 is 2.07 bits per heavy atom. The van der Waals surface area contributed by atoms with Crippen LogP contribution in [0.25, 0.3) is 5.69 Å². The van der Waals surface area contributed by atoms with Gasteiger partial charge in [0.15, 0.2) is 0 Å². The van der Waals surface area contributed by atoms with Gasteiger partial charge in [-0.25, -0.2) is 4.79 Å². The molecule has 2 amide bonds. The summed E-state index contributed by atoms with van der Waals surface area (Å²) in [6, 6.07) is 17.0. The van der Waals surface area contributed by atoms with Gasteiger partial charge in [-0.05, 0) is 74.0 Å². The monoisotopic (exact) mass is 379 g/mol. The molecule has 1 aromatic heterocycles. The Morgan fingerprint density at radius 1 is 0.929 bits per heavy atom. The first kappa shape index (κ1) is 19.4. The summed E-state index contributed by atoms with van der Waals surface area (Å²) in [5.41, 5.74) is 5.03. The van der Waals surface area contributed by atoms with E-state index in [0.29, 0.717) is 12.2 Å². The van der Waals surface area contributed by atoms with Crippen LogP contribution in [0.1, 0.15) is 17.0 Å². The number of nitrogens with one attached hydrogen (secondary N) is 2. The molecule has 2 N–H and O–H groups in total. The summed E-state index contributed by atoms with van der Waals surface area (Å²) in [5, 5.41) is 5.73. The standard InChI is InChI=1S/C22H25N3O3/c1-15-13-17(16(2)25(15)19-7-11-21(28-4)12-8-19)14-23-22(26)24-18-5-9-20(27-3)10-6-18/h5-13H,14H2,1-4H3,(H2,23,24,26). The molecule has 0 aliphatic rings. The molecule has 0 radical (unpaired) electrons. The van der Waals surface area contributed by atoms with Crippen LogP contribution in [-0.4, -0.2) is 24.8 Å². The van der Waals surface area contributed by atoms with E-state index in [2.05, 4.69) is 35.1 Å². The number of carbonyl (C=O) groups excluding carboxylic acids is 1. The summed E-state index contributed by atoms with van der Waals surface area (Å²) in [6.07, 6.45) is 0. The molecule has 3 aromatic rings. The van der Waals surface area contributed by atoms with E-state index in [9.17, 15) is 4.79 Å². The quantitative estimate of drug-likeness (QED) is 0.666. The molecule has 0 aliphatic carbocycles. The maximum Gasteiger partial charge on any atom is 0.319 e. The van der Waals surface area contributed by atoms with Crippen molar-refractivity contribution in [3.8, 4) is 17.2 Å². The van der Waals surface area contributed by atoms with Gasteiger partial charge >= 0.3 is 6.03 Å². The van der Waals surface area contributed by atoms with Crippen LogP contribution in [0.4, 0.5) is 10.5 Å². The maximum atomic E-state index is 12.2. The third kappa shape index (κ3) is 4.28. The van der Waals surface area contributed by atoms with Crippen molar-refractivity contribution >= 4 is 11.7 Å². The van der Waals surface area contributed by atoms with Gasteiger partial charge in [0.1, 0.15) is 11.5 Å². The van der Waals surface area contributed by atoms with Crippen LogP contribution in [0.15, 0.2) is 54.6 Å². The fourth-order valence-electron chi connectivity index (χ4n) is 3.16. The number of anilines is 1. The second kappa shape index (κ2) is 8.52. The predicted octanol–water partition coefficient (Wildman–Crippen LogP) is 4.43. The molecular weight excluding hydrogens is 354 g/mol. The summed E-state index contributed by atoms with van der Waals surface area (Å²) in [6.45, 7) is 4.55. The SMILES string of the molecule is COc1ccc(NC(=O)NCc2cc(C)n(-c3ccc(OC)cc3)c2C)cc1. The second-order valence-corrected chi connectivity index (χ2v) is 6.47. The van der Waals surface area contributed by atoms with E-state index >= 15 is 0 Å². The first-order valence-corrected chi connectivity index (χ1v) is 9.03. The van der Waals surface area contributed by atoms with Crippen LogP contribution in [0.5, 0.6) is 11.5 Å². The number of ether oxygens (including phenoxy) is 2. The van der Waals surface area contributed by atoms with Crippen molar-refractivity contribution in [2.45, 2.75) is 20.4 Å². The van der Waals surface area contributed by atoms with Gasteiger partial charge < -0.3 is 24.7 Å². The van der Waals surface area contributed by atoms with Gasteiger partial charge in [-0.1, -0.05) is 0 Å². The summed E-state index contributed by atoms with van der Waals surface area (Å²) in [5.74, 6) is 1.57. The Labute approximate surface area is 165 Å². The smallest absolute Gasteiger partial charge is 0.319 e. The molecule has 2 aromatic carbocycles. The largest absolute Gasteiger partial charge is 0.497 e. The Hall–Kier alpha value is -3.41. The molecule has 0 aliphatic heterocycles. The van der Waals surface area contributed by atoms with E-state index < -0.39 is 0 Å². The van der Waals surface area contributed by atoms with E-state index in [4.69, 9.17) is 9.47 Å². The summed E-state index contributed by atoms with van der Waals surface area (Å²) < 4.78 is 12.5. The minimum atomic E-state index is -0.251. The highest BCUT2D eigenvalue weighted by Crippen LogP contribution is 2.23. The number of urea groups is 1. The molecule has 0 saturated heterocycles. The lowest BCUT2D eigenvalue weighted by Gasteiger charge is -2.11. The molecule has 6 nitrogen and oxygen atoms in total. The summed E-state index contributed by atoms with van der Waals surface area (Å²) in [4.78, 5) is 12.2. The van der Waals surface area contributed by atoms with Crippen molar-refractivity contribution in [2.75, 3.05) is 19.5 Å². The first-order valence-electron chi connectivity index (χ1n) is 9.03. The van der Waals surface area contributed by atoms with E-state index in [-0.39, 0.29) is 6.03 Å². The van der Waals surface area contributed by atoms with Gasteiger partial charge in [0, 0.05) is 29.3 Å². The zero-order valence-corrected chi connectivity index (χ0v) is 16.6. The molecular formula is C22H25N3O3.